The number of H-pyrrole nitrogens is 2. The van der Waals surface area contributed by atoms with Crippen LogP contribution >= 0.6 is 0 Å². The minimum absolute atomic E-state index is 0.642. The summed E-state index contributed by atoms with van der Waals surface area (Å²) in [6.45, 7) is 5.94. The molecule has 2 fully saturated rings. The molecule has 0 radical (unpaired) electrons. The molecule has 1 aliphatic heterocycles. The molecule has 2 aliphatic rings. The van der Waals surface area contributed by atoms with Gasteiger partial charge in [-0.25, -0.2) is 19.9 Å². The highest BCUT2D eigenvalue weighted by atomic mass is 15.3. The van der Waals surface area contributed by atoms with Crippen molar-refractivity contribution in [3.63, 3.8) is 0 Å². The van der Waals surface area contributed by atoms with Crippen molar-refractivity contribution in [2.75, 3.05) is 48.8 Å². The van der Waals surface area contributed by atoms with Gasteiger partial charge in [-0.15, -0.1) is 0 Å². The first-order valence-electron chi connectivity index (χ1n) is 17.3. The number of anilines is 5. The molecule has 0 atom stereocenters. The number of likely N-dealkylation sites (N-methyl/N-ethyl adjacent to an activating group) is 1. The van der Waals surface area contributed by atoms with Crippen LogP contribution in [0.5, 0.6) is 0 Å². The Morgan fingerprint density at radius 3 is 1.94 bits per heavy atom. The smallest absolute Gasteiger partial charge is 0.156 e. The van der Waals surface area contributed by atoms with Crippen LogP contribution in [0.1, 0.15) is 52.9 Å². The number of hydrogen-bond donors (Lipinski definition) is 4. The zero-order valence-corrected chi connectivity index (χ0v) is 28.9. The molecule has 8 rings (SSSR count). The molecule has 4 N–H and O–H groups in total. The molecule has 0 amide bonds. The average Bonchev–Trinajstić information content (AvgIpc) is 3.78. The van der Waals surface area contributed by atoms with Crippen LogP contribution in [-0.2, 0) is 0 Å². The second-order valence-corrected chi connectivity index (χ2v) is 12.7. The normalized spacial score (nSPS) is 14.8. The largest absolute Gasteiger partial charge is 0.354 e. The summed E-state index contributed by atoms with van der Waals surface area (Å²) in [7, 11) is 2.16. The van der Waals surface area contributed by atoms with E-state index < -0.39 is 0 Å². The third-order valence-corrected chi connectivity index (χ3v) is 8.51. The van der Waals surface area contributed by atoms with Crippen molar-refractivity contribution in [2.24, 2.45) is 0 Å². The van der Waals surface area contributed by atoms with Gasteiger partial charge in [0.15, 0.2) is 23.3 Å². The lowest BCUT2D eigenvalue weighted by Gasteiger charge is -2.33. The second kappa shape index (κ2) is 16.0. The van der Waals surface area contributed by atoms with Gasteiger partial charge in [-0.3, -0.25) is 10.2 Å². The van der Waals surface area contributed by atoms with E-state index in [4.69, 9.17) is 9.97 Å². The summed E-state index contributed by atoms with van der Waals surface area (Å²) < 4.78 is 0. The lowest BCUT2D eigenvalue weighted by atomic mass is 10.2. The molecule has 12 nitrogen and oxygen atoms in total. The second-order valence-electron chi connectivity index (χ2n) is 12.7. The molecule has 12 heteroatoms. The maximum absolute atomic E-state index is 4.82. The minimum Gasteiger partial charge on any atom is -0.354 e. The van der Waals surface area contributed by atoms with Gasteiger partial charge in [-0.1, -0.05) is 72.8 Å². The Kier molecular flexibility index (Phi) is 10.5. The first kappa shape index (κ1) is 33.4. The number of hydrogen-bond acceptors (Lipinski definition) is 10. The predicted molar refractivity (Wildman–Crippen MR) is 205 cm³/mol. The van der Waals surface area contributed by atoms with E-state index in [9.17, 15) is 0 Å². The van der Waals surface area contributed by atoms with E-state index in [1.165, 1.54) is 18.5 Å². The van der Waals surface area contributed by atoms with Crippen LogP contribution in [0.3, 0.4) is 0 Å². The zero-order valence-electron chi connectivity index (χ0n) is 28.9. The van der Waals surface area contributed by atoms with Gasteiger partial charge in [-0.05, 0) is 56.2 Å². The summed E-state index contributed by atoms with van der Waals surface area (Å²) in [5.74, 6) is 5.95. The number of aromatic amines is 2. The van der Waals surface area contributed by atoms with Gasteiger partial charge in [0.05, 0.1) is 0 Å². The Morgan fingerprint density at radius 2 is 1.27 bits per heavy atom. The van der Waals surface area contributed by atoms with Crippen molar-refractivity contribution in [2.45, 2.75) is 25.7 Å². The Labute approximate surface area is 297 Å². The van der Waals surface area contributed by atoms with Crippen molar-refractivity contribution in [1.29, 1.82) is 0 Å². The van der Waals surface area contributed by atoms with E-state index in [0.717, 1.165) is 66.3 Å². The highest BCUT2D eigenvalue weighted by molar-refractivity contribution is 5.69. The third-order valence-electron chi connectivity index (χ3n) is 8.51. The van der Waals surface area contributed by atoms with Crippen molar-refractivity contribution in [3.05, 3.63) is 125 Å². The number of nitrogens with zero attached hydrogens (tertiary/aromatic N) is 8. The van der Waals surface area contributed by atoms with Crippen LogP contribution in [0.15, 0.2) is 91.1 Å². The third kappa shape index (κ3) is 9.73. The van der Waals surface area contributed by atoms with Crippen LogP contribution in [-0.4, -0.2) is 78.5 Å². The van der Waals surface area contributed by atoms with E-state index in [-0.39, 0.29) is 0 Å². The van der Waals surface area contributed by atoms with Crippen LogP contribution in [0.4, 0.5) is 29.1 Å². The molecule has 1 saturated carbocycles. The molecule has 0 bridgehead atoms. The maximum atomic E-state index is 4.82. The Bertz CT molecular complexity index is 2060. The molecule has 0 spiro atoms. The first-order valence-corrected chi connectivity index (χ1v) is 17.3. The number of nitrogens with one attached hydrogen (secondary N) is 4. The Morgan fingerprint density at radius 1 is 0.647 bits per heavy atom. The first-order chi connectivity index (χ1) is 25.0. The van der Waals surface area contributed by atoms with Gasteiger partial charge in [0.25, 0.3) is 0 Å². The fourth-order valence-corrected chi connectivity index (χ4v) is 5.53. The summed E-state index contributed by atoms with van der Waals surface area (Å²) in [5.41, 5.74) is 4.44. The molecule has 2 aromatic carbocycles. The zero-order chi connectivity index (χ0) is 34.8. The quantitative estimate of drug-likeness (QED) is 0.118. The number of rotatable bonds is 10. The SMILES string of the molecule is CN1CCN(c2cc(Nc3cc(C4CC4)[nH]n3)nc(/C=C/c3ccccc3)n2)CC1.Cc1cc(Nc2ccnc(/C=C/c3ccccc3)n2)n[nH]1. The molecule has 51 heavy (non-hydrogen) atoms. The maximum Gasteiger partial charge on any atom is 0.156 e. The Hall–Kier alpha value is -6.14. The van der Waals surface area contributed by atoms with E-state index >= 15 is 0 Å². The Balaban J connectivity index is 0.000000170. The predicted octanol–water partition coefficient (Wildman–Crippen LogP) is 7.17. The van der Waals surface area contributed by atoms with Gasteiger partial charge in [0.1, 0.15) is 17.5 Å². The molecule has 0 unspecified atom stereocenters. The number of benzene rings is 2. The minimum atomic E-state index is 0.642. The summed E-state index contributed by atoms with van der Waals surface area (Å²) >= 11 is 0. The monoisotopic (exact) mass is 678 g/mol. The molecule has 5 heterocycles. The van der Waals surface area contributed by atoms with E-state index in [1.54, 1.807) is 6.20 Å². The van der Waals surface area contributed by atoms with Crippen molar-refractivity contribution >= 4 is 53.4 Å². The highest BCUT2D eigenvalue weighted by Gasteiger charge is 2.25. The van der Waals surface area contributed by atoms with Gasteiger partial charge in [0.2, 0.25) is 0 Å². The lowest BCUT2D eigenvalue weighted by molar-refractivity contribution is 0.312. The van der Waals surface area contributed by atoms with Crippen molar-refractivity contribution < 1.29 is 0 Å². The van der Waals surface area contributed by atoms with Crippen molar-refractivity contribution in [1.82, 2.24) is 45.2 Å². The lowest BCUT2D eigenvalue weighted by Crippen LogP contribution is -2.44. The highest BCUT2D eigenvalue weighted by Crippen LogP contribution is 2.39. The van der Waals surface area contributed by atoms with Gasteiger partial charge in [-0.2, -0.15) is 10.2 Å². The molecule has 1 saturated heterocycles. The fourth-order valence-electron chi connectivity index (χ4n) is 5.53. The summed E-state index contributed by atoms with van der Waals surface area (Å²) in [5, 5.41) is 21.1. The molecule has 4 aromatic heterocycles. The van der Waals surface area contributed by atoms with Crippen LogP contribution in [0.2, 0.25) is 0 Å². The topological polar surface area (TPSA) is 139 Å². The van der Waals surface area contributed by atoms with Gasteiger partial charge < -0.3 is 20.4 Å². The van der Waals surface area contributed by atoms with Gasteiger partial charge in [0, 0.05) is 67.9 Å². The summed E-state index contributed by atoms with van der Waals surface area (Å²) in [6, 6.07) is 28.1. The molecular weight excluding hydrogens is 637 g/mol. The van der Waals surface area contributed by atoms with E-state index in [2.05, 4.69) is 76.0 Å². The van der Waals surface area contributed by atoms with Crippen LogP contribution < -0.4 is 15.5 Å². The summed E-state index contributed by atoms with van der Waals surface area (Å²) in [4.78, 5) is 22.9. The van der Waals surface area contributed by atoms with Crippen molar-refractivity contribution in [3.8, 4) is 0 Å². The van der Waals surface area contributed by atoms with E-state index in [0.29, 0.717) is 23.4 Å². The fraction of sp³-hybridized carbons (Fsp3) is 0.231. The van der Waals surface area contributed by atoms with Gasteiger partial charge >= 0.3 is 0 Å². The summed E-state index contributed by atoms with van der Waals surface area (Å²) in [6.07, 6.45) is 12.1. The molecule has 1 aliphatic carbocycles. The molecular formula is C39H42N12. The number of piperazine rings is 1. The molecule has 258 valence electrons. The van der Waals surface area contributed by atoms with E-state index in [1.807, 2.05) is 98.0 Å². The van der Waals surface area contributed by atoms with Crippen LogP contribution in [0, 0.1) is 6.92 Å². The van der Waals surface area contributed by atoms with Crippen LogP contribution in [0.25, 0.3) is 24.3 Å². The molecule has 6 aromatic rings. The number of aromatic nitrogens is 8. The average molecular weight is 679 g/mol. The number of aryl methyl sites for hydroxylation is 1. The standard InChI is InChI=1S/C23H27N7.C16H15N5/c1-29-11-13-30(14-12-29)23-16-21(25-22-15-19(27-28-22)18-8-9-18)24-20(26-23)10-7-17-5-3-2-4-6-17;1-12-11-16(21-20-12)19-15-9-10-17-14(18-15)8-7-13-5-3-2-4-6-13/h2-7,10,15-16,18H,8-9,11-14H2,1H3,(H2,24,25,26,27,28);2-11H,1H3,(H2,17,18,19,20,21)/b10-7+;8-7+.